The lowest BCUT2D eigenvalue weighted by Gasteiger charge is -2.06. The number of nitro benzene ring substituents is 1. The van der Waals surface area contributed by atoms with Crippen LogP contribution in [0.1, 0.15) is 11.6 Å². The van der Waals surface area contributed by atoms with Crippen LogP contribution in [0.3, 0.4) is 0 Å². The Labute approximate surface area is 89.4 Å². The molecule has 7 heteroatoms. The van der Waals surface area contributed by atoms with Gasteiger partial charge in [-0.1, -0.05) is 11.6 Å². The summed E-state index contributed by atoms with van der Waals surface area (Å²) in [5.41, 5.74) is 5.25. The fourth-order valence-corrected chi connectivity index (χ4v) is 1.27. The highest BCUT2D eigenvalue weighted by Gasteiger charge is 2.18. The number of carbonyl (C=O) groups is 1. The number of nitro groups is 1. The average Bonchev–Trinajstić information content (AvgIpc) is 2.15. The highest BCUT2D eigenvalue weighted by Crippen LogP contribution is 2.26. The predicted molar refractivity (Wildman–Crippen MR) is 52.7 cm³/mol. The molecule has 0 spiro atoms. The molecule has 1 aromatic carbocycles. The number of benzene rings is 1. The van der Waals surface area contributed by atoms with Gasteiger partial charge in [0, 0.05) is 6.07 Å². The van der Waals surface area contributed by atoms with Crippen LogP contribution in [0.4, 0.5) is 5.69 Å². The van der Waals surface area contributed by atoms with Crippen LogP contribution in [-0.2, 0) is 4.79 Å². The van der Waals surface area contributed by atoms with Crippen molar-refractivity contribution in [2.75, 3.05) is 0 Å². The van der Waals surface area contributed by atoms with Gasteiger partial charge in [0.2, 0.25) is 0 Å². The molecular weight excluding hydrogens is 224 g/mol. The smallest absolute Gasteiger partial charge is 0.325 e. The number of hydrogen-bond acceptors (Lipinski definition) is 4. The summed E-state index contributed by atoms with van der Waals surface area (Å²) >= 11 is 5.58. The summed E-state index contributed by atoms with van der Waals surface area (Å²) in [7, 11) is 0. The Kier molecular flexibility index (Phi) is 3.23. The summed E-state index contributed by atoms with van der Waals surface area (Å²) in [6.45, 7) is 0. The number of nitrogens with zero attached hydrogens (tertiary/aromatic N) is 1. The summed E-state index contributed by atoms with van der Waals surface area (Å²) in [5.74, 6) is -1.22. The minimum Gasteiger partial charge on any atom is -0.480 e. The zero-order chi connectivity index (χ0) is 11.6. The van der Waals surface area contributed by atoms with E-state index in [1.165, 1.54) is 12.1 Å². The Balaban J connectivity index is 3.12. The molecule has 1 unspecified atom stereocenters. The minimum absolute atomic E-state index is 0.130. The molecule has 0 saturated carbocycles. The van der Waals surface area contributed by atoms with Gasteiger partial charge in [-0.15, -0.1) is 0 Å². The maximum Gasteiger partial charge on any atom is 0.325 e. The maximum absolute atomic E-state index is 10.5. The first-order chi connectivity index (χ1) is 6.93. The number of carboxylic acids is 1. The molecule has 0 bridgehead atoms. The number of halogens is 1. The van der Waals surface area contributed by atoms with Crippen molar-refractivity contribution in [3.8, 4) is 0 Å². The van der Waals surface area contributed by atoms with E-state index in [4.69, 9.17) is 22.4 Å². The fourth-order valence-electron chi connectivity index (χ4n) is 1.01. The van der Waals surface area contributed by atoms with E-state index in [0.29, 0.717) is 0 Å². The SMILES string of the molecule is NC(C(=O)O)c1ccc([N+](=O)[O-])c(Cl)c1. The fraction of sp³-hybridized carbons (Fsp3) is 0.125. The van der Waals surface area contributed by atoms with Crippen LogP contribution in [0.15, 0.2) is 18.2 Å². The highest BCUT2D eigenvalue weighted by molar-refractivity contribution is 6.32. The molecule has 3 N–H and O–H groups in total. The second-order valence-electron chi connectivity index (χ2n) is 2.78. The van der Waals surface area contributed by atoms with E-state index in [-0.39, 0.29) is 16.3 Å². The minimum atomic E-state index is -1.23. The van der Waals surface area contributed by atoms with Crippen molar-refractivity contribution >= 4 is 23.3 Å². The summed E-state index contributed by atoms with van der Waals surface area (Å²) in [5, 5.41) is 18.9. The van der Waals surface area contributed by atoms with Gasteiger partial charge in [-0.2, -0.15) is 0 Å². The van der Waals surface area contributed by atoms with E-state index in [2.05, 4.69) is 0 Å². The Morgan fingerprint density at radius 3 is 2.60 bits per heavy atom. The van der Waals surface area contributed by atoms with Gasteiger partial charge in [-0.3, -0.25) is 14.9 Å². The molecule has 15 heavy (non-hydrogen) atoms. The van der Waals surface area contributed by atoms with Crippen molar-refractivity contribution < 1.29 is 14.8 Å². The molecule has 1 atom stereocenters. The van der Waals surface area contributed by atoms with Gasteiger partial charge in [0.05, 0.1) is 4.92 Å². The van der Waals surface area contributed by atoms with Crippen LogP contribution in [0.2, 0.25) is 5.02 Å². The third kappa shape index (κ3) is 2.42. The van der Waals surface area contributed by atoms with Gasteiger partial charge in [-0.25, -0.2) is 0 Å². The molecule has 1 aromatic rings. The number of nitrogens with two attached hydrogens (primary N) is 1. The van der Waals surface area contributed by atoms with Crippen molar-refractivity contribution in [2.45, 2.75) is 6.04 Å². The monoisotopic (exact) mass is 230 g/mol. The van der Waals surface area contributed by atoms with Crippen LogP contribution in [-0.4, -0.2) is 16.0 Å². The quantitative estimate of drug-likeness (QED) is 0.602. The van der Waals surface area contributed by atoms with E-state index < -0.39 is 16.9 Å². The molecule has 0 radical (unpaired) electrons. The molecule has 0 amide bonds. The molecule has 1 rings (SSSR count). The topological polar surface area (TPSA) is 106 Å². The molecule has 0 heterocycles. The molecule has 0 aliphatic rings. The van der Waals surface area contributed by atoms with Crippen LogP contribution >= 0.6 is 11.6 Å². The van der Waals surface area contributed by atoms with Crippen LogP contribution in [0.5, 0.6) is 0 Å². The van der Waals surface area contributed by atoms with Gasteiger partial charge >= 0.3 is 5.97 Å². The highest BCUT2D eigenvalue weighted by atomic mass is 35.5. The second kappa shape index (κ2) is 4.24. The van der Waals surface area contributed by atoms with Crippen LogP contribution in [0.25, 0.3) is 0 Å². The lowest BCUT2D eigenvalue weighted by Crippen LogP contribution is -2.20. The maximum atomic E-state index is 10.5. The van der Waals surface area contributed by atoms with E-state index in [1.54, 1.807) is 0 Å². The Bertz CT molecular complexity index is 421. The predicted octanol–water partition coefficient (Wildman–Crippen LogP) is 1.33. The van der Waals surface area contributed by atoms with Gasteiger partial charge in [0.15, 0.2) is 0 Å². The lowest BCUT2D eigenvalue weighted by atomic mass is 10.1. The van der Waals surface area contributed by atoms with Crippen molar-refractivity contribution in [1.29, 1.82) is 0 Å². The van der Waals surface area contributed by atoms with Crippen LogP contribution < -0.4 is 5.73 Å². The molecule has 0 fully saturated rings. The molecule has 80 valence electrons. The summed E-state index contributed by atoms with van der Waals surface area (Å²) < 4.78 is 0. The van der Waals surface area contributed by atoms with E-state index >= 15 is 0 Å². The normalized spacial score (nSPS) is 12.1. The van der Waals surface area contributed by atoms with Crippen molar-refractivity contribution in [3.63, 3.8) is 0 Å². The molecule has 0 aliphatic carbocycles. The molecule has 0 saturated heterocycles. The van der Waals surface area contributed by atoms with Crippen molar-refractivity contribution in [3.05, 3.63) is 38.9 Å². The number of hydrogen-bond donors (Lipinski definition) is 2. The molecule has 0 aliphatic heterocycles. The Morgan fingerprint density at radius 1 is 1.60 bits per heavy atom. The number of aliphatic carboxylic acids is 1. The summed E-state index contributed by atoms with van der Waals surface area (Å²) in [4.78, 5) is 20.3. The van der Waals surface area contributed by atoms with Gasteiger partial charge in [-0.05, 0) is 17.7 Å². The Morgan fingerprint density at radius 2 is 2.20 bits per heavy atom. The summed E-state index contributed by atoms with van der Waals surface area (Å²) in [6, 6.07) is 2.34. The average molecular weight is 231 g/mol. The van der Waals surface area contributed by atoms with Crippen LogP contribution in [0, 0.1) is 10.1 Å². The second-order valence-corrected chi connectivity index (χ2v) is 3.19. The summed E-state index contributed by atoms with van der Waals surface area (Å²) in [6.07, 6.45) is 0. The zero-order valence-electron chi connectivity index (χ0n) is 7.38. The van der Waals surface area contributed by atoms with E-state index in [1.807, 2.05) is 0 Å². The number of rotatable bonds is 3. The molecule has 6 nitrogen and oxygen atoms in total. The largest absolute Gasteiger partial charge is 0.480 e. The van der Waals surface area contributed by atoms with Gasteiger partial charge in [0.1, 0.15) is 11.1 Å². The van der Waals surface area contributed by atoms with Gasteiger partial charge in [0.25, 0.3) is 5.69 Å². The molecular formula is C8H7ClN2O4. The third-order valence-electron chi connectivity index (χ3n) is 1.79. The Hall–Kier alpha value is -1.66. The first-order valence-electron chi connectivity index (χ1n) is 3.85. The lowest BCUT2D eigenvalue weighted by molar-refractivity contribution is -0.384. The van der Waals surface area contributed by atoms with Gasteiger partial charge < -0.3 is 10.8 Å². The number of carboxylic acid groups (broad SMARTS) is 1. The first kappa shape index (κ1) is 11.4. The molecule has 0 aromatic heterocycles. The first-order valence-corrected chi connectivity index (χ1v) is 4.23. The van der Waals surface area contributed by atoms with Crippen molar-refractivity contribution in [1.82, 2.24) is 0 Å². The van der Waals surface area contributed by atoms with E-state index in [0.717, 1.165) is 6.07 Å². The van der Waals surface area contributed by atoms with E-state index in [9.17, 15) is 14.9 Å². The van der Waals surface area contributed by atoms with Crippen molar-refractivity contribution in [2.24, 2.45) is 5.73 Å². The zero-order valence-corrected chi connectivity index (χ0v) is 8.14. The standard InChI is InChI=1S/C8H7ClN2O4/c9-5-3-4(7(10)8(12)13)1-2-6(5)11(14)15/h1-3,7H,10H2,(H,12,13). The third-order valence-corrected chi connectivity index (χ3v) is 2.10.